The van der Waals surface area contributed by atoms with E-state index in [0.717, 1.165) is 15.3 Å². The van der Waals surface area contributed by atoms with Crippen molar-refractivity contribution < 1.29 is 14.3 Å². The average molecular weight is 384 g/mol. The molecule has 0 aliphatic heterocycles. The second-order valence-corrected chi connectivity index (χ2v) is 6.64. The van der Waals surface area contributed by atoms with Gasteiger partial charge in [-0.05, 0) is 35.4 Å². The van der Waals surface area contributed by atoms with Crippen LogP contribution in [-0.2, 0) is 6.54 Å². The summed E-state index contributed by atoms with van der Waals surface area (Å²) in [6, 6.07) is 17.9. The van der Waals surface area contributed by atoms with E-state index >= 15 is 0 Å². The third kappa shape index (κ3) is 2.99. The van der Waals surface area contributed by atoms with Crippen LogP contribution in [-0.4, -0.2) is 15.5 Å². The van der Waals surface area contributed by atoms with Crippen LogP contribution in [0.1, 0.15) is 32.8 Å². The van der Waals surface area contributed by atoms with Crippen LogP contribution in [0, 0.1) is 18.3 Å². The summed E-state index contributed by atoms with van der Waals surface area (Å²) in [4.78, 5) is 26.1. The van der Waals surface area contributed by atoms with Crippen molar-refractivity contribution in [3.05, 3.63) is 99.2 Å². The van der Waals surface area contributed by atoms with Crippen molar-refractivity contribution in [1.29, 1.82) is 5.26 Å². The monoisotopic (exact) mass is 384 g/mol. The van der Waals surface area contributed by atoms with Crippen LogP contribution in [0.25, 0.3) is 10.8 Å². The molecule has 0 saturated carbocycles. The van der Waals surface area contributed by atoms with Crippen LogP contribution in [0.4, 0.5) is 0 Å². The number of hydrogen-bond acceptors (Lipinski definition) is 5. The number of rotatable bonds is 4. The van der Waals surface area contributed by atoms with Crippen molar-refractivity contribution in [3.63, 3.8) is 0 Å². The summed E-state index contributed by atoms with van der Waals surface area (Å²) in [5, 5.41) is 22.0. The van der Waals surface area contributed by atoms with Gasteiger partial charge < -0.3 is 9.52 Å². The van der Waals surface area contributed by atoms with Crippen LogP contribution in [0.15, 0.2) is 70.1 Å². The van der Waals surface area contributed by atoms with E-state index in [1.54, 1.807) is 24.3 Å². The smallest absolute Gasteiger partial charge is 0.271 e. The van der Waals surface area contributed by atoms with Crippen LogP contribution in [0.5, 0.6) is 5.88 Å². The Labute approximate surface area is 165 Å². The summed E-state index contributed by atoms with van der Waals surface area (Å²) < 4.78 is 6.24. The van der Waals surface area contributed by atoms with Gasteiger partial charge in [0.2, 0.25) is 5.88 Å². The van der Waals surface area contributed by atoms with Gasteiger partial charge in [0, 0.05) is 5.56 Å². The lowest BCUT2D eigenvalue weighted by Crippen LogP contribution is -2.27. The third-order valence-corrected chi connectivity index (χ3v) is 4.96. The zero-order valence-electron chi connectivity index (χ0n) is 15.5. The van der Waals surface area contributed by atoms with Crippen LogP contribution in [0.3, 0.4) is 0 Å². The molecule has 4 rings (SSSR count). The lowest BCUT2D eigenvalue weighted by molar-refractivity contribution is 0.103. The first kappa shape index (κ1) is 18.3. The normalized spacial score (nSPS) is 10.8. The first-order valence-electron chi connectivity index (χ1n) is 8.94. The minimum atomic E-state index is -0.673. The fourth-order valence-electron chi connectivity index (χ4n) is 3.49. The van der Waals surface area contributed by atoms with E-state index in [9.17, 15) is 20.0 Å². The molecule has 2 aromatic carbocycles. The molecule has 0 amide bonds. The number of hydrogen-bond donors (Lipinski definition) is 1. The van der Waals surface area contributed by atoms with Crippen molar-refractivity contribution in [3.8, 4) is 11.9 Å². The van der Waals surface area contributed by atoms with Gasteiger partial charge in [-0.3, -0.25) is 14.2 Å². The number of nitrogens with zero attached hydrogens (tertiary/aromatic N) is 2. The highest BCUT2D eigenvalue weighted by Crippen LogP contribution is 2.28. The van der Waals surface area contributed by atoms with E-state index in [4.69, 9.17) is 4.42 Å². The van der Waals surface area contributed by atoms with Gasteiger partial charge in [-0.25, -0.2) is 0 Å². The van der Waals surface area contributed by atoms with E-state index in [1.807, 2.05) is 36.4 Å². The Morgan fingerprint density at radius 2 is 1.90 bits per heavy atom. The van der Waals surface area contributed by atoms with Gasteiger partial charge in [-0.2, -0.15) is 5.26 Å². The summed E-state index contributed by atoms with van der Waals surface area (Å²) >= 11 is 0. The van der Waals surface area contributed by atoms with Crippen molar-refractivity contribution in [1.82, 2.24) is 4.57 Å². The summed E-state index contributed by atoms with van der Waals surface area (Å²) in [6.07, 6.45) is 1.44. The first-order valence-corrected chi connectivity index (χ1v) is 8.94. The predicted octanol–water partition coefficient (Wildman–Crippen LogP) is 3.76. The van der Waals surface area contributed by atoms with E-state index in [0.29, 0.717) is 11.3 Å². The Hall–Kier alpha value is -4.11. The van der Waals surface area contributed by atoms with Crippen LogP contribution < -0.4 is 5.56 Å². The van der Waals surface area contributed by atoms with Gasteiger partial charge in [0.15, 0.2) is 5.78 Å². The minimum Gasteiger partial charge on any atom is -0.494 e. The number of ketones is 1. The predicted molar refractivity (Wildman–Crippen MR) is 107 cm³/mol. The standard InChI is InChI=1S/C23H16N2O4/c1-14-19(12-24)22(27)25(13-16-8-5-11-29-16)23(28)20(14)21(26)18-10-4-7-15-6-2-3-9-17(15)18/h2-11,28H,13H2,1H3. The molecule has 0 aliphatic carbocycles. The second kappa shape index (κ2) is 7.13. The van der Waals surface area contributed by atoms with Crippen molar-refractivity contribution >= 4 is 16.6 Å². The van der Waals surface area contributed by atoms with Crippen molar-refractivity contribution in [2.24, 2.45) is 0 Å². The molecule has 0 spiro atoms. The number of carbonyl (C=O) groups excluding carboxylic acids is 1. The molecule has 2 aromatic heterocycles. The Morgan fingerprint density at radius 3 is 2.62 bits per heavy atom. The van der Waals surface area contributed by atoms with E-state index in [-0.39, 0.29) is 23.2 Å². The maximum Gasteiger partial charge on any atom is 0.271 e. The number of aromatic hydroxyl groups is 1. The third-order valence-electron chi connectivity index (χ3n) is 4.96. The molecule has 0 radical (unpaired) electrons. The SMILES string of the molecule is Cc1c(C(=O)c2cccc3ccccc23)c(O)n(Cc2ccco2)c(=O)c1C#N. The molecular formula is C23H16N2O4. The summed E-state index contributed by atoms with van der Waals surface area (Å²) in [5.41, 5.74) is -0.382. The van der Waals surface area contributed by atoms with Gasteiger partial charge in [-0.1, -0.05) is 42.5 Å². The van der Waals surface area contributed by atoms with E-state index in [1.165, 1.54) is 13.2 Å². The van der Waals surface area contributed by atoms with Gasteiger partial charge in [0.1, 0.15) is 17.4 Å². The van der Waals surface area contributed by atoms with E-state index in [2.05, 4.69) is 0 Å². The molecule has 0 aliphatic rings. The average Bonchev–Trinajstić information content (AvgIpc) is 3.24. The summed E-state index contributed by atoms with van der Waals surface area (Å²) in [5.74, 6) is -0.527. The van der Waals surface area contributed by atoms with Gasteiger partial charge >= 0.3 is 0 Å². The van der Waals surface area contributed by atoms with Crippen molar-refractivity contribution in [2.75, 3.05) is 0 Å². The van der Waals surface area contributed by atoms with Gasteiger partial charge in [0.25, 0.3) is 5.56 Å². The zero-order chi connectivity index (χ0) is 20.5. The van der Waals surface area contributed by atoms with Crippen LogP contribution in [0.2, 0.25) is 0 Å². The molecular weight excluding hydrogens is 368 g/mol. The van der Waals surface area contributed by atoms with Crippen molar-refractivity contribution in [2.45, 2.75) is 13.5 Å². The topological polar surface area (TPSA) is 96.2 Å². The molecule has 0 unspecified atom stereocenters. The molecule has 4 aromatic rings. The number of furan rings is 1. The lowest BCUT2D eigenvalue weighted by Gasteiger charge is -2.15. The Bertz CT molecular complexity index is 1340. The highest BCUT2D eigenvalue weighted by molar-refractivity contribution is 6.18. The number of carbonyl (C=O) groups is 1. The first-order chi connectivity index (χ1) is 14.0. The number of nitriles is 1. The molecule has 1 N–H and O–H groups in total. The number of pyridine rings is 1. The molecule has 0 bridgehead atoms. The van der Waals surface area contributed by atoms with Gasteiger partial charge in [0.05, 0.1) is 18.4 Å². The minimum absolute atomic E-state index is 0.0657. The second-order valence-electron chi connectivity index (χ2n) is 6.64. The Morgan fingerprint density at radius 1 is 1.14 bits per heavy atom. The highest BCUT2D eigenvalue weighted by Gasteiger charge is 2.26. The maximum atomic E-state index is 13.4. The number of benzene rings is 2. The summed E-state index contributed by atoms with van der Waals surface area (Å²) in [7, 11) is 0. The zero-order valence-corrected chi connectivity index (χ0v) is 15.5. The molecule has 2 heterocycles. The van der Waals surface area contributed by atoms with Gasteiger partial charge in [-0.15, -0.1) is 0 Å². The molecule has 0 fully saturated rings. The lowest BCUT2D eigenvalue weighted by atomic mass is 9.94. The quantitative estimate of drug-likeness (QED) is 0.541. The summed E-state index contributed by atoms with van der Waals surface area (Å²) in [6.45, 7) is 1.40. The Balaban J connectivity index is 1.97. The molecule has 0 atom stereocenters. The number of aromatic nitrogens is 1. The fourth-order valence-corrected chi connectivity index (χ4v) is 3.49. The van der Waals surface area contributed by atoms with E-state index < -0.39 is 17.2 Å². The fraction of sp³-hybridized carbons (Fsp3) is 0.0870. The maximum absolute atomic E-state index is 13.4. The molecule has 6 nitrogen and oxygen atoms in total. The largest absolute Gasteiger partial charge is 0.494 e. The Kier molecular flexibility index (Phi) is 4.49. The molecule has 6 heteroatoms. The molecule has 29 heavy (non-hydrogen) atoms. The highest BCUT2D eigenvalue weighted by atomic mass is 16.3. The van der Waals surface area contributed by atoms with Crippen LogP contribution >= 0.6 is 0 Å². The molecule has 142 valence electrons. The number of fused-ring (bicyclic) bond motifs is 1. The molecule has 0 saturated heterocycles.